The zero-order valence-corrected chi connectivity index (χ0v) is 14.2. The van der Waals surface area contributed by atoms with Crippen LogP contribution in [0.2, 0.25) is 5.02 Å². The summed E-state index contributed by atoms with van der Waals surface area (Å²) in [6, 6.07) is 7.63. The monoisotopic (exact) mass is 351 g/mol. The van der Waals surface area contributed by atoms with E-state index in [1.54, 1.807) is 0 Å². The van der Waals surface area contributed by atoms with Crippen molar-refractivity contribution in [3.8, 4) is 0 Å². The van der Waals surface area contributed by atoms with Crippen molar-refractivity contribution in [2.24, 2.45) is 0 Å². The van der Waals surface area contributed by atoms with Crippen LogP contribution >= 0.6 is 11.6 Å². The zero-order chi connectivity index (χ0) is 17.1. The Balaban J connectivity index is 1.78. The molecule has 1 unspecified atom stereocenters. The van der Waals surface area contributed by atoms with Gasteiger partial charge in [-0.25, -0.2) is 4.79 Å². The quantitative estimate of drug-likeness (QED) is 0.906. The summed E-state index contributed by atoms with van der Waals surface area (Å²) in [5, 5.41) is 9.74. The minimum Gasteiger partial charge on any atom is -0.479 e. The molecule has 2 fully saturated rings. The smallest absolute Gasteiger partial charge is 0.332 e. The first-order chi connectivity index (χ1) is 11.6. The van der Waals surface area contributed by atoms with E-state index >= 15 is 0 Å². The maximum Gasteiger partial charge on any atom is 0.332 e. The lowest BCUT2D eigenvalue weighted by molar-refractivity contribution is -0.155. The van der Waals surface area contributed by atoms with Gasteiger partial charge in [0.05, 0.1) is 6.04 Å². The van der Waals surface area contributed by atoms with Crippen LogP contribution in [-0.2, 0) is 14.3 Å². The molecule has 1 aromatic rings. The lowest BCUT2D eigenvalue weighted by Gasteiger charge is -2.32. The van der Waals surface area contributed by atoms with Crippen molar-refractivity contribution in [2.75, 3.05) is 6.54 Å². The van der Waals surface area contributed by atoms with Gasteiger partial charge in [0.1, 0.15) is 6.10 Å². The minimum absolute atomic E-state index is 0.00439. The fourth-order valence-electron chi connectivity index (χ4n) is 3.59. The van der Waals surface area contributed by atoms with Crippen molar-refractivity contribution in [1.29, 1.82) is 0 Å². The lowest BCUT2D eigenvalue weighted by Crippen LogP contribution is -2.42. The normalized spacial score (nSPS) is 27.7. The number of ether oxygens (including phenoxy) is 1. The van der Waals surface area contributed by atoms with Crippen molar-refractivity contribution < 1.29 is 19.4 Å². The third-order valence-corrected chi connectivity index (χ3v) is 5.11. The summed E-state index contributed by atoms with van der Waals surface area (Å²) >= 11 is 5.97. The average Bonchev–Trinajstić information content (AvgIpc) is 2.94. The van der Waals surface area contributed by atoms with Gasteiger partial charge in [-0.05, 0) is 43.4 Å². The van der Waals surface area contributed by atoms with Crippen LogP contribution in [0.25, 0.3) is 0 Å². The highest BCUT2D eigenvalue weighted by atomic mass is 35.5. The Labute approximate surface area is 146 Å². The van der Waals surface area contributed by atoms with Crippen molar-refractivity contribution >= 4 is 23.5 Å². The molecule has 0 bridgehead atoms. The van der Waals surface area contributed by atoms with Gasteiger partial charge in [-0.15, -0.1) is 0 Å². The van der Waals surface area contributed by atoms with E-state index in [4.69, 9.17) is 21.4 Å². The van der Waals surface area contributed by atoms with Gasteiger partial charge in [-0.2, -0.15) is 0 Å². The highest BCUT2D eigenvalue weighted by molar-refractivity contribution is 6.30. The number of carbonyl (C=O) groups excluding carboxylic acids is 1. The Bertz CT molecular complexity index is 604. The predicted octanol–water partition coefficient (Wildman–Crippen LogP) is 3.42. The van der Waals surface area contributed by atoms with E-state index in [0.29, 0.717) is 24.4 Å². The van der Waals surface area contributed by atoms with Crippen LogP contribution in [0.5, 0.6) is 0 Å². The van der Waals surface area contributed by atoms with Gasteiger partial charge in [0.25, 0.3) is 5.91 Å². The van der Waals surface area contributed by atoms with Crippen molar-refractivity contribution in [3.63, 3.8) is 0 Å². The maximum absolute atomic E-state index is 13.0. The molecule has 1 aromatic carbocycles. The van der Waals surface area contributed by atoms with Crippen LogP contribution in [-0.4, -0.2) is 40.6 Å². The fourth-order valence-corrected chi connectivity index (χ4v) is 3.72. The van der Waals surface area contributed by atoms with Crippen LogP contribution in [0, 0.1) is 0 Å². The topological polar surface area (TPSA) is 66.8 Å². The van der Waals surface area contributed by atoms with Crippen LogP contribution in [0.3, 0.4) is 0 Å². The minimum atomic E-state index is -0.990. The second kappa shape index (κ2) is 7.53. The van der Waals surface area contributed by atoms with E-state index < -0.39 is 18.2 Å². The second-order valence-electron chi connectivity index (χ2n) is 6.48. The number of amides is 1. The van der Waals surface area contributed by atoms with Crippen LogP contribution in [0.15, 0.2) is 24.3 Å². The number of aliphatic carboxylic acids is 1. The van der Waals surface area contributed by atoms with Gasteiger partial charge in [0, 0.05) is 11.6 Å². The molecule has 0 spiro atoms. The summed E-state index contributed by atoms with van der Waals surface area (Å²) in [6.07, 6.45) is 3.40. The van der Waals surface area contributed by atoms with Crippen molar-refractivity contribution in [2.45, 2.75) is 56.8 Å². The molecule has 0 radical (unpaired) electrons. The van der Waals surface area contributed by atoms with E-state index in [2.05, 4.69) is 0 Å². The SMILES string of the molecule is O=C(O)[C@H]1CC[C@@H](C(=O)N2CCCCCC2c2ccc(Cl)cc2)O1. The molecule has 0 saturated carbocycles. The average molecular weight is 352 g/mol. The summed E-state index contributed by atoms with van der Waals surface area (Å²) in [7, 11) is 0. The molecule has 5 nitrogen and oxygen atoms in total. The highest BCUT2D eigenvalue weighted by Crippen LogP contribution is 2.33. The second-order valence-corrected chi connectivity index (χ2v) is 6.91. The number of hydrogen-bond donors (Lipinski definition) is 1. The van der Waals surface area contributed by atoms with Crippen molar-refractivity contribution in [3.05, 3.63) is 34.9 Å². The number of benzene rings is 1. The standard InChI is InChI=1S/C18H22ClNO4/c19-13-7-5-12(6-8-13)14-4-2-1-3-11-20(14)17(21)15-9-10-16(24-15)18(22)23/h5-8,14-16H,1-4,9-11H2,(H,22,23)/t14?,15-,16+/m0/s1. The molecule has 2 aliphatic heterocycles. The summed E-state index contributed by atoms with van der Waals surface area (Å²) in [5.41, 5.74) is 1.07. The number of halogens is 1. The number of rotatable bonds is 3. The molecule has 2 saturated heterocycles. The summed E-state index contributed by atoms with van der Waals surface area (Å²) in [5.74, 6) is -1.07. The first-order valence-electron chi connectivity index (χ1n) is 8.50. The number of nitrogens with zero attached hydrogens (tertiary/aromatic N) is 1. The Morgan fingerprint density at radius 1 is 1.04 bits per heavy atom. The van der Waals surface area contributed by atoms with Gasteiger partial charge in [-0.3, -0.25) is 4.79 Å². The first-order valence-corrected chi connectivity index (χ1v) is 8.88. The third kappa shape index (κ3) is 3.73. The molecular weight excluding hydrogens is 330 g/mol. The molecule has 0 aromatic heterocycles. The molecule has 3 rings (SSSR count). The van der Waals surface area contributed by atoms with E-state index in [9.17, 15) is 9.59 Å². The Kier molecular flexibility index (Phi) is 5.41. The summed E-state index contributed by atoms with van der Waals surface area (Å²) in [4.78, 5) is 25.9. The number of carboxylic acid groups (broad SMARTS) is 1. The Morgan fingerprint density at radius 2 is 1.75 bits per heavy atom. The molecule has 130 valence electrons. The number of carbonyl (C=O) groups is 2. The van der Waals surface area contributed by atoms with Gasteiger partial charge in [0.15, 0.2) is 6.10 Å². The van der Waals surface area contributed by atoms with Crippen LogP contribution in [0.4, 0.5) is 0 Å². The molecule has 24 heavy (non-hydrogen) atoms. The van der Waals surface area contributed by atoms with E-state index in [0.717, 1.165) is 31.2 Å². The Morgan fingerprint density at radius 3 is 2.42 bits per heavy atom. The molecule has 1 amide bonds. The van der Waals surface area contributed by atoms with Crippen LogP contribution < -0.4 is 0 Å². The third-order valence-electron chi connectivity index (χ3n) is 4.86. The molecule has 1 N–H and O–H groups in total. The van der Waals surface area contributed by atoms with Gasteiger partial charge in [0.2, 0.25) is 0 Å². The van der Waals surface area contributed by atoms with E-state index in [-0.39, 0.29) is 11.9 Å². The molecule has 6 heteroatoms. The largest absolute Gasteiger partial charge is 0.479 e. The van der Waals surface area contributed by atoms with Gasteiger partial charge < -0.3 is 14.7 Å². The van der Waals surface area contributed by atoms with Gasteiger partial charge >= 0.3 is 5.97 Å². The lowest BCUT2D eigenvalue weighted by atomic mass is 10.00. The molecule has 3 atom stereocenters. The zero-order valence-electron chi connectivity index (χ0n) is 13.5. The number of likely N-dealkylation sites (tertiary alicyclic amines) is 1. The Hall–Kier alpha value is -1.59. The van der Waals surface area contributed by atoms with E-state index in [1.807, 2.05) is 29.2 Å². The predicted molar refractivity (Wildman–Crippen MR) is 89.9 cm³/mol. The molecular formula is C18H22ClNO4. The summed E-state index contributed by atoms with van der Waals surface area (Å²) in [6.45, 7) is 0.684. The molecule has 2 heterocycles. The van der Waals surface area contributed by atoms with Gasteiger partial charge in [-0.1, -0.05) is 36.6 Å². The molecule has 0 aliphatic carbocycles. The number of carboxylic acids is 1. The molecule has 2 aliphatic rings. The first kappa shape index (κ1) is 17.2. The summed E-state index contributed by atoms with van der Waals surface area (Å²) < 4.78 is 5.47. The van der Waals surface area contributed by atoms with E-state index in [1.165, 1.54) is 0 Å². The fraction of sp³-hybridized carbons (Fsp3) is 0.556. The maximum atomic E-state index is 13.0. The van der Waals surface area contributed by atoms with Crippen molar-refractivity contribution in [1.82, 2.24) is 4.90 Å². The van der Waals surface area contributed by atoms with Crippen LogP contribution in [0.1, 0.15) is 50.1 Å². The highest BCUT2D eigenvalue weighted by Gasteiger charge is 2.39. The number of hydrogen-bond acceptors (Lipinski definition) is 3.